The Morgan fingerprint density at radius 2 is 1.79 bits per heavy atom. The summed E-state index contributed by atoms with van der Waals surface area (Å²) in [6.07, 6.45) is 3.50. The van der Waals surface area contributed by atoms with Gasteiger partial charge in [-0.1, -0.05) is 24.3 Å². The molecule has 1 heterocycles. The lowest BCUT2D eigenvalue weighted by Crippen LogP contribution is -2.47. The zero-order valence-electron chi connectivity index (χ0n) is 18.7. The first kappa shape index (κ1) is 23.9. The maximum absolute atomic E-state index is 13.6. The topological polar surface area (TPSA) is 59.1 Å². The molecule has 0 atom stereocenters. The molecule has 1 saturated carbocycles. The molecule has 0 aromatic heterocycles. The first-order valence-electron chi connectivity index (χ1n) is 11.3. The Labute approximate surface area is 194 Å². The van der Waals surface area contributed by atoms with Gasteiger partial charge >= 0.3 is 6.61 Å². The smallest absolute Gasteiger partial charge is 0.387 e. The van der Waals surface area contributed by atoms with Crippen LogP contribution in [0.3, 0.4) is 0 Å². The molecule has 0 spiro atoms. The first-order valence-corrected chi connectivity index (χ1v) is 12.7. The Morgan fingerprint density at radius 1 is 1.06 bits per heavy atom. The molecular weight excluding hydrogens is 450 g/mol. The van der Waals surface area contributed by atoms with Crippen molar-refractivity contribution in [3.63, 3.8) is 0 Å². The fourth-order valence-corrected chi connectivity index (χ4v) is 6.14. The predicted octanol–water partition coefficient (Wildman–Crippen LogP) is 4.36. The minimum atomic E-state index is -3.65. The van der Waals surface area contributed by atoms with Crippen molar-refractivity contribution in [3.8, 4) is 11.5 Å². The molecule has 0 amide bonds. The van der Waals surface area contributed by atoms with Crippen molar-refractivity contribution in [2.24, 2.45) is 5.92 Å². The summed E-state index contributed by atoms with van der Waals surface area (Å²) in [4.78, 5) is 2.42. The quantitative estimate of drug-likeness (QED) is 0.506. The molecule has 0 unspecified atom stereocenters. The summed E-state index contributed by atoms with van der Waals surface area (Å²) in [6, 6.07) is 13.3. The lowest BCUT2D eigenvalue weighted by molar-refractivity contribution is -0.0508. The Kier molecular flexibility index (Phi) is 7.51. The standard InChI is InChI=1S/C24H30F2N2O4S/c1-31-21-6-4-7-22(15-21)33(29,30)28(16-18-9-10-18)20-11-13-27(14-12-20)17-19-5-2-3-8-23(19)32-24(25)26/h2-8,15,18,20,24H,9-14,16-17H2,1H3. The van der Waals surface area contributed by atoms with E-state index in [1.54, 1.807) is 52.8 Å². The number of methoxy groups -OCH3 is 1. The zero-order valence-corrected chi connectivity index (χ0v) is 19.5. The minimum absolute atomic E-state index is 0.0920. The number of para-hydroxylation sites is 1. The van der Waals surface area contributed by atoms with Crippen LogP contribution in [0.2, 0.25) is 0 Å². The van der Waals surface area contributed by atoms with E-state index in [0.717, 1.165) is 12.8 Å². The van der Waals surface area contributed by atoms with Crippen LogP contribution in [0.15, 0.2) is 53.4 Å². The van der Waals surface area contributed by atoms with E-state index in [-0.39, 0.29) is 16.7 Å². The SMILES string of the molecule is COc1cccc(S(=O)(=O)N(CC2CC2)C2CCN(Cc3ccccc3OC(F)F)CC2)c1. The van der Waals surface area contributed by atoms with Crippen molar-refractivity contribution < 1.29 is 26.7 Å². The average Bonchev–Trinajstić information content (AvgIpc) is 3.63. The van der Waals surface area contributed by atoms with Crippen LogP contribution in [0, 0.1) is 5.92 Å². The van der Waals surface area contributed by atoms with Crippen LogP contribution in [0.25, 0.3) is 0 Å². The summed E-state index contributed by atoms with van der Waals surface area (Å²) < 4.78 is 64.1. The van der Waals surface area contributed by atoms with Gasteiger partial charge in [0.15, 0.2) is 0 Å². The van der Waals surface area contributed by atoms with Crippen molar-refractivity contribution in [1.29, 1.82) is 0 Å². The lowest BCUT2D eigenvalue weighted by atomic mass is 10.0. The van der Waals surface area contributed by atoms with Gasteiger partial charge in [0.2, 0.25) is 10.0 Å². The maximum atomic E-state index is 13.6. The van der Waals surface area contributed by atoms with Crippen LogP contribution >= 0.6 is 0 Å². The summed E-state index contributed by atoms with van der Waals surface area (Å²) >= 11 is 0. The maximum Gasteiger partial charge on any atom is 0.387 e. The van der Waals surface area contributed by atoms with E-state index < -0.39 is 16.6 Å². The monoisotopic (exact) mass is 480 g/mol. The number of rotatable bonds is 10. The predicted molar refractivity (Wildman–Crippen MR) is 121 cm³/mol. The fourth-order valence-electron chi connectivity index (χ4n) is 4.35. The van der Waals surface area contributed by atoms with Gasteiger partial charge in [0, 0.05) is 43.9 Å². The number of nitrogens with zero attached hydrogens (tertiary/aromatic N) is 2. The molecule has 1 aliphatic heterocycles. The van der Waals surface area contributed by atoms with E-state index in [1.165, 1.54) is 7.11 Å². The van der Waals surface area contributed by atoms with Crippen LogP contribution in [-0.2, 0) is 16.6 Å². The molecule has 4 rings (SSSR count). The van der Waals surface area contributed by atoms with Crippen molar-refractivity contribution in [1.82, 2.24) is 9.21 Å². The zero-order chi connectivity index (χ0) is 23.4. The van der Waals surface area contributed by atoms with E-state index in [4.69, 9.17) is 4.74 Å². The van der Waals surface area contributed by atoms with Gasteiger partial charge in [0.25, 0.3) is 0 Å². The first-order chi connectivity index (χ1) is 15.9. The second kappa shape index (κ2) is 10.4. The normalized spacial score (nSPS) is 18.1. The highest BCUT2D eigenvalue weighted by Crippen LogP contribution is 2.35. The van der Waals surface area contributed by atoms with E-state index >= 15 is 0 Å². The van der Waals surface area contributed by atoms with Gasteiger partial charge < -0.3 is 9.47 Å². The highest BCUT2D eigenvalue weighted by atomic mass is 32.2. The van der Waals surface area contributed by atoms with Gasteiger partial charge in [-0.05, 0) is 49.8 Å². The van der Waals surface area contributed by atoms with Crippen molar-refractivity contribution in [2.75, 3.05) is 26.7 Å². The number of piperidine rings is 1. The number of hydrogen-bond donors (Lipinski definition) is 0. The van der Waals surface area contributed by atoms with Crippen molar-refractivity contribution >= 4 is 10.0 Å². The molecule has 0 radical (unpaired) electrons. The number of benzene rings is 2. The van der Waals surface area contributed by atoms with Crippen LogP contribution in [0.1, 0.15) is 31.2 Å². The highest BCUT2D eigenvalue weighted by molar-refractivity contribution is 7.89. The molecule has 1 aliphatic carbocycles. The van der Waals surface area contributed by atoms with E-state index in [9.17, 15) is 17.2 Å². The van der Waals surface area contributed by atoms with Gasteiger partial charge in [-0.3, -0.25) is 4.90 Å². The summed E-state index contributed by atoms with van der Waals surface area (Å²) in [5, 5.41) is 0. The van der Waals surface area contributed by atoms with Gasteiger partial charge in [0.1, 0.15) is 11.5 Å². The third kappa shape index (κ3) is 6.02. The number of likely N-dealkylation sites (tertiary alicyclic amines) is 1. The van der Waals surface area contributed by atoms with Gasteiger partial charge in [-0.15, -0.1) is 0 Å². The molecule has 9 heteroatoms. The second-order valence-electron chi connectivity index (χ2n) is 8.69. The van der Waals surface area contributed by atoms with Gasteiger partial charge in [-0.25, -0.2) is 8.42 Å². The summed E-state index contributed by atoms with van der Waals surface area (Å²) in [5.41, 5.74) is 0.704. The van der Waals surface area contributed by atoms with Crippen LogP contribution < -0.4 is 9.47 Å². The van der Waals surface area contributed by atoms with E-state index in [1.807, 2.05) is 0 Å². The minimum Gasteiger partial charge on any atom is -0.497 e. The van der Waals surface area contributed by atoms with Crippen LogP contribution in [0.5, 0.6) is 11.5 Å². The molecule has 180 valence electrons. The Hall–Kier alpha value is -2.23. The Balaban J connectivity index is 1.45. The molecule has 0 N–H and O–H groups in total. The molecule has 33 heavy (non-hydrogen) atoms. The Morgan fingerprint density at radius 3 is 2.45 bits per heavy atom. The molecule has 2 aliphatic rings. The molecule has 6 nitrogen and oxygen atoms in total. The number of sulfonamides is 1. The molecule has 2 aromatic carbocycles. The molecule has 2 fully saturated rings. The largest absolute Gasteiger partial charge is 0.497 e. The van der Waals surface area contributed by atoms with Crippen LogP contribution in [0.4, 0.5) is 8.78 Å². The highest BCUT2D eigenvalue weighted by Gasteiger charge is 2.38. The summed E-state index contributed by atoms with van der Waals surface area (Å²) in [6.45, 7) is -0.476. The number of hydrogen-bond acceptors (Lipinski definition) is 5. The van der Waals surface area contributed by atoms with Crippen molar-refractivity contribution in [3.05, 3.63) is 54.1 Å². The number of ether oxygens (including phenoxy) is 2. The molecule has 1 saturated heterocycles. The summed E-state index contributed by atoms with van der Waals surface area (Å²) in [7, 11) is -2.13. The van der Waals surface area contributed by atoms with E-state index in [2.05, 4.69) is 9.64 Å². The van der Waals surface area contributed by atoms with Gasteiger partial charge in [0.05, 0.1) is 12.0 Å². The van der Waals surface area contributed by atoms with Crippen molar-refractivity contribution in [2.45, 2.75) is 49.8 Å². The number of halogens is 2. The molecule has 2 aromatic rings. The van der Waals surface area contributed by atoms with Crippen LogP contribution in [-0.4, -0.2) is 57.0 Å². The fraction of sp³-hybridized carbons (Fsp3) is 0.500. The second-order valence-corrected chi connectivity index (χ2v) is 10.6. The Bertz CT molecular complexity index is 1040. The lowest BCUT2D eigenvalue weighted by Gasteiger charge is -2.38. The summed E-state index contributed by atoms with van der Waals surface area (Å²) in [5.74, 6) is 1.12. The van der Waals surface area contributed by atoms with E-state index in [0.29, 0.717) is 56.3 Å². The van der Waals surface area contributed by atoms with Gasteiger partial charge in [-0.2, -0.15) is 13.1 Å². The molecular formula is C24H30F2N2O4S. The third-order valence-electron chi connectivity index (χ3n) is 6.33. The number of alkyl halides is 2. The molecule has 0 bridgehead atoms. The average molecular weight is 481 g/mol. The third-order valence-corrected chi connectivity index (χ3v) is 8.24.